The number of nitrogens with one attached hydrogen (secondary N) is 1. The number of hydrogen-bond donors (Lipinski definition) is 1. The Kier molecular flexibility index (Phi) is 6.22. The highest BCUT2D eigenvalue weighted by molar-refractivity contribution is 5.56. The van der Waals surface area contributed by atoms with Gasteiger partial charge in [0.15, 0.2) is 11.5 Å². The van der Waals surface area contributed by atoms with Crippen LogP contribution >= 0.6 is 0 Å². The van der Waals surface area contributed by atoms with Gasteiger partial charge < -0.3 is 19.4 Å². The Bertz CT molecular complexity index is 1220. The molecule has 1 N–H and O–H groups in total. The molecule has 0 fully saturated rings. The second kappa shape index (κ2) is 9.76. The zero-order valence-corrected chi connectivity index (χ0v) is 18.6. The maximum absolute atomic E-state index is 6.12. The SMILES string of the molecule is COc1cc2c(cc1OCc1ccccc1)CCNC2C=Cc1ccc(-n2ccnc2)cc1. The van der Waals surface area contributed by atoms with Gasteiger partial charge in [-0.05, 0) is 52.9 Å². The number of benzene rings is 3. The molecule has 1 aromatic heterocycles. The second-order valence-corrected chi connectivity index (χ2v) is 8.08. The number of fused-ring (bicyclic) bond motifs is 1. The summed E-state index contributed by atoms with van der Waals surface area (Å²) in [6.07, 6.45) is 10.9. The lowest BCUT2D eigenvalue weighted by Crippen LogP contribution is -2.28. The van der Waals surface area contributed by atoms with Gasteiger partial charge in [0.2, 0.25) is 0 Å². The van der Waals surface area contributed by atoms with Crippen molar-refractivity contribution in [3.63, 3.8) is 0 Å². The minimum absolute atomic E-state index is 0.124. The number of aromatic nitrogens is 2. The summed E-state index contributed by atoms with van der Waals surface area (Å²) in [5.41, 5.74) is 5.92. The molecule has 166 valence electrons. The summed E-state index contributed by atoms with van der Waals surface area (Å²) in [7, 11) is 1.69. The van der Waals surface area contributed by atoms with Crippen LogP contribution in [-0.2, 0) is 13.0 Å². The van der Waals surface area contributed by atoms with E-state index in [1.165, 1.54) is 11.1 Å². The van der Waals surface area contributed by atoms with Gasteiger partial charge in [-0.3, -0.25) is 0 Å². The molecular formula is C28H27N3O2. The first kappa shape index (κ1) is 21.0. The van der Waals surface area contributed by atoms with Crippen molar-refractivity contribution in [1.82, 2.24) is 14.9 Å². The lowest BCUT2D eigenvalue weighted by Gasteiger charge is -2.26. The highest BCUT2D eigenvalue weighted by Gasteiger charge is 2.21. The fourth-order valence-electron chi connectivity index (χ4n) is 4.15. The number of methoxy groups -OCH3 is 1. The molecule has 1 unspecified atom stereocenters. The molecule has 0 saturated heterocycles. The number of nitrogens with zero attached hydrogens (tertiary/aromatic N) is 2. The van der Waals surface area contributed by atoms with Crippen LogP contribution in [0.15, 0.2) is 91.5 Å². The largest absolute Gasteiger partial charge is 0.493 e. The van der Waals surface area contributed by atoms with E-state index in [0.717, 1.165) is 41.3 Å². The smallest absolute Gasteiger partial charge is 0.161 e. The van der Waals surface area contributed by atoms with Crippen LogP contribution in [0, 0.1) is 0 Å². The Morgan fingerprint density at radius 1 is 1.06 bits per heavy atom. The van der Waals surface area contributed by atoms with Crippen LogP contribution in [0.2, 0.25) is 0 Å². The topological polar surface area (TPSA) is 48.3 Å². The van der Waals surface area contributed by atoms with Gasteiger partial charge in [-0.1, -0.05) is 54.6 Å². The summed E-state index contributed by atoms with van der Waals surface area (Å²) in [5.74, 6) is 1.55. The van der Waals surface area contributed by atoms with E-state index in [1.54, 1.807) is 19.6 Å². The lowest BCUT2D eigenvalue weighted by atomic mass is 9.93. The molecule has 0 aliphatic carbocycles. The summed E-state index contributed by atoms with van der Waals surface area (Å²) >= 11 is 0. The normalized spacial score (nSPS) is 15.4. The van der Waals surface area contributed by atoms with E-state index in [1.807, 2.05) is 29.0 Å². The Morgan fingerprint density at radius 3 is 2.67 bits per heavy atom. The third kappa shape index (κ3) is 4.83. The highest BCUT2D eigenvalue weighted by Crippen LogP contribution is 2.36. The van der Waals surface area contributed by atoms with E-state index < -0.39 is 0 Å². The van der Waals surface area contributed by atoms with Gasteiger partial charge in [0.1, 0.15) is 6.61 Å². The summed E-state index contributed by atoms with van der Waals surface area (Å²) in [6.45, 7) is 1.44. The predicted molar refractivity (Wildman–Crippen MR) is 131 cm³/mol. The van der Waals surface area contributed by atoms with Crippen LogP contribution in [0.3, 0.4) is 0 Å². The van der Waals surface area contributed by atoms with Gasteiger partial charge >= 0.3 is 0 Å². The van der Waals surface area contributed by atoms with Crippen molar-refractivity contribution in [2.75, 3.05) is 13.7 Å². The molecule has 5 heteroatoms. The Labute approximate surface area is 194 Å². The fourth-order valence-corrected chi connectivity index (χ4v) is 4.15. The zero-order valence-electron chi connectivity index (χ0n) is 18.6. The molecule has 0 radical (unpaired) electrons. The van der Waals surface area contributed by atoms with E-state index in [0.29, 0.717) is 6.61 Å². The van der Waals surface area contributed by atoms with Crippen LogP contribution < -0.4 is 14.8 Å². The van der Waals surface area contributed by atoms with E-state index in [9.17, 15) is 0 Å². The molecule has 1 aliphatic heterocycles. The number of rotatable bonds is 7. The molecule has 0 saturated carbocycles. The van der Waals surface area contributed by atoms with Crippen molar-refractivity contribution in [3.05, 3.63) is 114 Å². The number of imidazole rings is 1. The monoisotopic (exact) mass is 437 g/mol. The summed E-state index contributed by atoms with van der Waals surface area (Å²) in [5, 5.41) is 3.61. The number of ether oxygens (including phenoxy) is 2. The molecule has 1 atom stereocenters. The van der Waals surface area contributed by atoms with Crippen LogP contribution in [0.4, 0.5) is 0 Å². The Morgan fingerprint density at radius 2 is 1.91 bits per heavy atom. The number of hydrogen-bond acceptors (Lipinski definition) is 4. The van der Waals surface area contributed by atoms with Crippen molar-refractivity contribution >= 4 is 6.08 Å². The van der Waals surface area contributed by atoms with Gasteiger partial charge in [0, 0.05) is 24.6 Å². The average Bonchev–Trinajstić information content (AvgIpc) is 3.41. The summed E-state index contributed by atoms with van der Waals surface area (Å²) < 4.78 is 13.8. The maximum atomic E-state index is 6.12. The van der Waals surface area contributed by atoms with Crippen LogP contribution in [0.5, 0.6) is 11.5 Å². The van der Waals surface area contributed by atoms with Crippen LogP contribution in [0.25, 0.3) is 11.8 Å². The first-order chi connectivity index (χ1) is 16.3. The molecule has 33 heavy (non-hydrogen) atoms. The van der Waals surface area contributed by atoms with Crippen LogP contribution in [0.1, 0.15) is 28.3 Å². The zero-order chi connectivity index (χ0) is 22.5. The molecule has 2 heterocycles. The highest BCUT2D eigenvalue weighted by atomic mass is 16.5. The molecule has 1 aliphatic rings. The first-order valence-electron chi connectivity index (χ1n) is 11.2. The third-order valence-corrected chi connectivity index (χ3v) is 5.93. The van der Waals surface area contributed by atoms with Crippen LogP contribution in [-0.4, -0.2) is 23.2 Å². The molecule has 5 rings (SSSR count). The van der Waals surface area contributed by atoms with E-state index in [2.05, 4.69) is 71.0 Å². The fraction of sp³-hybridized carbons (Fsp3) is 0.179. The van der Waals surface area contributed by atoms with E-state index >= 15 is 0 Å². The Balaban J connectivity index is 1.34. The average molecular weight is 438 g/mol. The Hall–Kier alpha value is -3.83. The van der Waals surface area contributed by atoms with Gasteiger partial charge in [0.25, 0.3) is 0 Å². The molecule has 4 aromatic rings. The molecule has 3 aromatic carbocycles. The van der Waals surface area contributed by atoms with E-state index in [-0.39, 0.29) is 6.04 Å². The van der Waals surface area contributed by atoms with Gasteiger partial charge in [-0.15, -0.1) is 0 Å². The molecule has 0 bridgehead atoms. The van der Waals surface area contributed by atoms with Crippen molar-refractivity contribution in [3.8, 4) is 17.2 Å². The molecular weight excluding hydrogens is 410 g/mol. The quantitative estimate of drug-likeness (QED) is 0.423. The molecule has 5 nitrogen and oxygen atoms in total. The third-order valence-electron chi connectivity index (χ3n) is 5.93. The van der Waals surface area contributed by atoms with Gasteiger partial charge in [-0.2, -0.15) is 0 Å². The van der Waals surface area contributed by atoms with Crippen molar-refractivity contribution in [2.24, 2.45) is 0 Å². The molecule has 0 spiro atoms. The maximum Gasteiger partial charge on any atom is 0.161 e. The van der Waals surface area contributed by atoms with Crippen molar-refractivity contribution in [2.45, 2.75) is 19.1 Å². The minimum Gasteiger partial charge on any atom is -0.493 e. The predicted octanol–water partition coefficient (Wildman–Crippen LogP) is 5.36. The van der Waals surface area contributed by atoms with Gasteiger partial charge in [-0.25, -0.2) is 4.98 Å². The second-order valence-electron chi connectivity index (χ2n) is 8.08. The van der Waals surface area contributed by atoms with Gasteiger partial charge in [0.05, 0.1) is 19.5 Å². The lowest BCUT2D eigenvalue weighted by molar-refractivity contribution is 0.283. The minimum atomic E-state index is 0.124. The first-order valence-corrected chi connectivity index (χ1v) is 11.2. The summed E-state index contributed by atoms with van der Waals surface area (Å²) in [6, 6.07) is 23.0. The van der Waals surface area contributed by atoms with Crippen molar-refractivity contribution in [1.29, 1.82) is 0 Å². The standard InChI is InChI=1S/C28H27N3O2/c1-32-27-18-25-23(17-28(27)33-19-22-5-3-2-4-6-22)13-14-30-26(25)12-9-21-7-10-24(11-8-21)31-16-15-29-20-31/h2-12,15-18,20,26,30H,13-14,19H2,1H3. The van der Waals surface area contributed by atoms with Crippen molar-refractivity contribution < 1.29 is 9.47 Å². The molecule has 0 amide bonds. The summed E-state index contributed by atoms with van der Waals surface area (Å²) in [4.78, 5) is 4.11. The van der Waals surface area contributed by atoms with E-state index in [4.69, 9.17) is 9.47 Å².